The summed E-state index contributed by atoms with van der Waals surface area (Å²) in [5.41, 5.74) is 3.12. The third kappa shape index (κ3) is 3.99. The molecule has 5 rings (SSSR count). The van der Waals surface area contributed by atoms with E-state index in [9.17, 15) is 9.18 Å². The van der Waals surface area contributed by atoms with Gasteiger partial charge < -0.3 is 14.4 Å². The fraction of sp³-hybridized carbons (Fsp3) is 0.320. The number of fused-ring (bicyclic) bond motifs is 1. The third-order valence-electron chi connectivity index (χ3n) is 6.53. The smallest absolute Gasteiger partial charge is 0.329 e. The molecule has 1 aliphatic heterocycles. The van der Waals surface area contributed by atoms with Crippen molar-refractivity contribution in [2.24, 2.45) is 0 Å². The molecule has 1 saturated heterocycles. The van der Waals surface area contributed by atoms with Crippen LogP contribution in [0.1, 0.15) is 23.7 Å². The maximum atomic E-state index is 14.6. The van der Waals surface area contributed by atoms with Gasteiger partial charge in [0.2, 0.25) is 0 Å². The molecule has 10 heteroatoms. The lowest BCUT2D eigenvalue weighted by Gasteiger charge is -2.21. The number of hydrogen-bond acceptors (Lipinski definition) is 6. The lowest BCUT2D eigenvalue weighted by molar-refractivity contribution is 0.402. The molecule has 0 amide bonds. The summed E-state index contributed by atoms with van der Waals surface area (Å²) in [6, 6.07) is 12.1. The van der Waals surface area contributed by atoms with E-state index in [1.165, 1.54) is 13.2 Å². The van der Waals surface area contributed by atoms with E-state index in [0.29, 0.717) is 47.9 Å². The second-order valence-electron chi connectivity index (χ2n) is 8.54. The van der Waals surface area contributed by atoms with Crippen LogP contribution in [-0.2, 0) is 6.54 Å². The Morgan fingerprint density at radius 1 is 1.11 bits per heavy atom. The standard InChI is InChI=1S/C25H25ClFN5O3/c1-15-6-4-7-17(27)23(15)30-11-10-16(13-30)32-19-8-5-9-20(34-2)24(19)31(25(32)33)14-18-21(35-3)12-22(26)29-28-18/h4-9,12,16H,10-11,13-14H2,1-3H3. The first-order chi connectivity index (χ1) is 16.9. The van der Waals surface area contributed by atoms with Crippen molar-refractivity contribution in [2.45, 2.75) is 25.9 Å². The summed E-state index contributed by atoms with van der Waals surface area (Å²) in [4.78, 5) is 15.9. The molecule has 0 N–H and O–H groups in total. The molecule has 3 heterocycles. The Labute approximate surface area is 206 Å². The summed E-state index contributed by atoms with van der Waals surface area (Å²) in [7, 11) is 3.09. The van der Waals surface area contributed by atoms with E-state index in [1.807, 2.05) is 36.1 Å². The zero-order valence-corrected chi connectivity index (χ0v) is 20.4. The van der Waals surface area contributed by atoms with E-state index in [2.05, 4.69) is 10.2 Å². The monoisotopic (exact) mass is 497 g/mol. The van der Waals surface area contributed by atoms with Crippen molar-refractivity contribution in [1.29, 1.82) is 0 Å². The van der Waals surface area contributed by atoms with Crippen LogP contribution in [0.15, 0.2) is 47.3 Å². The Bertz CT molecular complexity index is 1450. The van der Waals surface area contributed by atoms with Crippen molar-refractivity contribution in [2.75, 3.05) is 32.2 Å². The molecule has 2 aromatic heterocycles. The Balaban J connectivity index is 1.60. The number of halogens is 2. The normalized spacial score (nSPS) is 15.7. The molecule has 35 heavy (non-hydrogen) atoms. The summed E-state index contributed by atoms with van der Waals surface area (Å²) in [5, 5.41) is 8.28. The van der Waals surface area contributed by atoms with Crippen molar-refractivity contribution in [1.82, 2.24) is 19.3 Å². The van der Waals surface area contributed by atoms with Crippen LogP contribution in [0.3, 0.4) is 0 Å². The minimum absolute atomic E-state index is 0.124. The summed E-state index contributed by atoms with van der Waals surface area (Å²) < 4.78 is 29.1. The molecular formula is C25H25ClFN5O3. The van der Waals surface area contributed by atoms with Crippen LogP contribution >= 0.6 is 11.6 Å². The van der Waals surface area contributed by atoms with Gasteiger partial charge in [-0.3, -0.25) is 9.13 Å². The van der Waals surface area contributed by atoms with Crippen LogP contribution in [0, 0.1) is 12.7 Å². The van der Waals surface area contributed by atoms with Gasteiger partial charge in [-0.05, 0) is 37.1 Å². The number of anilines is 1. The highest BCUT2D eigenvalue weighted by atomic mass is 35.5. The van der Waals surface area contributed by atoms with Gasteiger partial charge in [0.05, 0.1) is 38.0 Å². The average molecular weight is 498 g/mol. The van der Waals surface area contributed by atoms with Crippen LogP contribution < -0.4 is 20.1 Å². The number of methoxy groups -OCH3 is 2. The van der Waals surface area contributed by atoms with E-state index in [4.69, 9.17) is 21.1 Å². The first-order valence-electron chi connectivity index (χ1n) is 11.3. The molecular weight excluding hydrogens is 473 g/mol. The molecule has 2 aromatic carbocycles. The number of rotatable bonds is 6. The van der Waals surface area contributed by atoms with Gasteiger partial charge in [0.25, 0.3) is 0 Å². The zero-order chi connectivity index (χ0) is 24.7. The van der Waals surface area contributed by atoms with Crippen LogP contribution in [-0.4, -0.2) is 46.6 Å². The first-order valence-corrected chi connectivity index (χ1v) is 11.6. The van der Waals surface area contributed by atoms with E-state index in [0.717, 1.165) is 11.1 Å². The van der Waals surface area contributed by atoms with Crippen molar-refractivity contribution in [3.63, 3.8) is 0 Å². The minimum atomic E-state index is -0.254. The zero-order valence-electron chi connectivity index (χ0n) is 19.7. The van der Waals surface area contributed by atoms with Crippen LogP contribution in [0.5, 0.6) is 11.5 Å². The molecule has 1 atom stereocenters. The summed E-state index contributed by atoms with van der Waals surface area (Å²) in [5.74, 6) is 0.754. The molecule has 0 radical (unpaired) electrons. The molecule has 0 aliphatic carbocycles. The molecule has 1 unspecified atom stereocenters. The highest BCUT2D eigenvalue weighted by Crippen LogP contribution is 2.34. The van der Waals surface area contributed by atoms with Crippen molar-refractivity contribution in [3.8, 4) is 11.5 Å². The van der Waals surface area contributed by atoms with Crippen molar-refractivity contribution < 1.29 is 13.9 Å². The highest BCUT2D eigenvalue weighted by Gasteiger charge is 2.31. The van der Waals surface area contributed by atoms with Crippen molar-refractivity contribution in [3.05, 3.63) is 75.2 Å². The second-order valence-corrected chi connectivity index (χ2v) is 8.93. The van der Waals surface area contributed by atoms with E-state index in [1.54, 1.807) is 28.4 Å². The summed E-state index contributed by atoms with van der Waals surface area (Å²) in [6.07, 6.45) is 0.702. The number of benzene rings is 2. The van der Waals surface area contributed by atoms with Gasteiger partial charge in [-0.1, -0.05) is 29.8 Å². The van der Waals surface area contributed by atoms with Gasteiger partial charge in [-0.2, -0.15) is 0 Å². The molecule has 1 fully saturated rings. The molecule has 0 spiro atoms. The number of nitrogens with zero attached hydrogens (tertiary/aromatic N) is 5. The predicted octanol–water partition coefficient (Wildman–Crippen LogP) is 4.21. The van der Waals surface area contributed by atoms with Crippen molar-refractivity contribution >= 4 is 28.3 Å². The van der Waals surface area contributed by atoms with Crippen LogP contribution in [0.4, 0.5) is 10.1 Å². The summed E-state index contributed by atoms with van der Waals surface area (Å²) >= 11 is 5.97. The number of hydrogen-bond donors (Lipinski definition) is 0. The number of para-hydroxylation sites is 2. The lowest BCUT2D eigenvalue weighted by Crippen LogP contribution is -2.30. The summed E-state index contributed by atoms with van der Waals surface area (Å²) in [6.45, 7) is 3.18. The molecule has 4 aromatic rings. The fourth-order valence-corrected chi connectivity index (χ4v) is 5.10. The van der Waals surface area contributed by atoms with Gasteiger partial charge >= 0.3 is 5.69 Å². The number of aryl methyl sites for hydroxylation is 1. The van der Waals surface area contributed by atoms with Crippen LogP contribution in [0.25, 0.3) is 11.0 Å². The van der Waals surface area contributed by atoms with Gasteiger partial charge in [0.1, 0.15) is 28.5 Å². The number of imidazole rings is 1. The largest absolute Gasteiger partial charge is 0.495 e. The average Bonchev–Trinajstić information content (AvgIpc) is 3.42. The number of aromatic nitrogens is 4. The van der Waals surface area contributed by atoms with Gasteiger partial charge in [0, 0.05) is 19.2 Å². The molecule has 0 bridgehead atoms. The first kappa shape index (κ1) is 23.2. The van der Waals surface area contributed by atoms with E-state index >= 15 is 0 Å². The Kier molecular flexibility index (Phi) is 6.10. The van der Waals surface area contributed by atoms with Gasteiger partial charge in [0.15, 0.2) is 5.15 Å². The SMILES string of the molecule is COc1cc(Cl)nnc1Cn1c(=O)n(C2CCN(c3c(C)cccc3F)C2)c2cccc(OC)c21. The fourth-order valence-electron chi connectivity index (χ4n) is 4.96. The van der Waals surface area contributed by atoms with Gasteiger partial charge in [-0.15, -0.1) is 10.2 Å². The predicted molar refractivity (Wildman–Crippen MR) is 132 cm³/mol. The van der Waals surface area contributed by atoms with Crippen LogP contribution in [0.2, 0.25) is 5.15 Å². The maximum Gasteiger partial charge on any atom is 0.329 e. The second kappa shape index (κ2) is 9.22. The molecule has 8 nitrogen and oxygen atoms in total. The Morgan fingerprint density at radius 3 is 2.63 bits per heavy atom. The maximum absolute atomic E-state index is 14.6. The minimum Gasteiger partial charge on any atom is -0.495 e. The Morgan fingerprint density at radius 2 is 1.89 bits per heavy atom. The van der Waals surface area contributed by atoms with E-state index < -0.39 is 0 Å². The molecule has 0 saturated carbocycles. The molecule has 1 aliphatic rings. The quantitative estimate of drug-likeness (QED) is 0.397. The Hall–Kier alpha value is -3.59. The lowest BCUT2D eigenvalue weighted by atomic mass is 10.2. The number of ether oxygens (including phenoxy) is 2. The third-order valence-corrected chi connectivity index (χ3v) is 6.71. The topological polar surface area (TPSA) is 74.4 Å². The molecule has 182 valence electrons. The highest BCUT2D eigenvalue weighted by molar-refractivity contribution is 6.29. The van der Waals surface area contributed by atoms with E-state index in [-0.39, 0.29) is 29.2 Å². The van der Waals surface area contributed by atoms with Gasteiger partial charge in [-0.25, -0.2) is 9.18 Å².